The Bertz CT molecular complexity index is 407. The molecule has 0 saturated carbocycles. The van der Waals surface area contributed by atoms with Gasteiger partial charge in [0.15, 0.2) is 0 Å². The monoisotopic (exact) mass is 275 g/mol. The summed E-state index contributed by atoms with van der Waals surface area (Å²) in [5.74, 6) is -2.82. The van der Waals surface area contributed by atoms with Crippen molar-refractivity contribution in [2.75, 3.05) is 6.61 Å². The van der Waals surface area contributed by atoms with E-state index in [-0.39, 0.29) is 12.5 Å². The highest BCUT2D eigenvalue weighted by Crippen LogP contribution is 2.25. The van der Waals surface area contributed by atoms with Gasteiger partial charge in [-0.05, 0) is 38.1 Å². The van der Waals surface area contributed by atoms with Crippen LogP contribution in [0.4, 0.5) is 8.78 Å². The van der Waals surface area contributed by atoms with Gasteiger partial charge < -0.3 is 10.4 Å². The van der Waals surface area contributed by atoms with Crippen molar-refractivity contribution in [2.45, 2.75) is 30.0 Å². The van der Waals surface area contributed by atoms with Crippen molar-refractivity contribution in [3.8, 4) is 0 Å². The summed E-state index contributed by atoms with van der Waals surface area (Å²) in [6, 6.07) is 5.90. The molecule has 0 aliphatic heterocycles. The number of nitrogens with one attached hydrogen (secondary N) is 1. The first kappa shape index (κ1) is 14.9. The number of hydrogen-bond donors (Lipinski definition) is 2. The normalized spacial score (nSPS) is 11.7. The number of aliphatic hydroxyl groups is 1. The number of aliphatic hydroxyl groups excluding tert-OH is 1. The Balaban J connectivity index is 2.70. The van der Waals surface area contributed by atoms with Crippen molar-refractivity contribution in [3.05, 3.63) is 29.8 Å². The molecule has 1 aromatic carbocycles. The molecule has 6 heteroatoms. The predicted octanol–water partition coefficient (Wildman–Crippen LogP) is 2.50. The molecule has 0 saturated heterocycles. The highest BCUT2D eigenvalue weighted by atomic mass is 32.2. The van der Waals surface area contributed by atoms with Gasteiger partial charge in [0.2, 0.25) is 0 Å². The second-order valence-electron chi connectivity index (χ2n) is 4.40. The van der Waals surface area contributed by atoms with Crippen LogP contribution < -0.4 is 5.32 Å². The van der Waals surface area contributed by atoms with Crippen molar-refractivity contribution in [1.82, 2.24) is 5.32 Å². The Hall–Kier alpha value is -1.14. The smallest absolute Gasteiger partial charge is 0.288 e. The van der Waals surface area contributed by atoms with Crippen LogP contribution >= 0.6 is 11.8 Å². The minimum absolute atomic E-state index is 0.182. The molecule has 0 unspecified atom stereocenters. The fourth-order valence-corrected chi connectivity index (χ4v) is 1.71. The number of hydrogen-bond acceptors (Lipinski definition) is 3. The molecule has 2 N–H and O–H groups in total. The van der Waals surface area contributed by atoms with E-state index in [2.05, 4.69) is 5.32 Å². The summed E-state index contributed by atoms with van der Waals surface area (Å²) in [7, 11) is 0. The van der Waals surface area contributed by atoms with Crippen molar-refractivity contribution in [3.63, 3.8) is 0 Å². The number of halogens is 2. The SMILES string of the molecule is CC(C)(CO)NC(=O)c1ccc(SC(F)F)cc1. The lowest BCUT2D eigenvalue weighted by Crippen LogP contribution is -2.46. The topological polar surface area (TPSA) is 49.3 Å². The lowest BCUT2D eigenvalue weighted by atomic mass is 10.1. The summed E-state index contributed by atoms with van der Waals surface area (Å²) in [5.41, 5.74) is -0.344. The Labute approximate surface area is 109 Å². The molecule has 1 rings (SSSR count). The van der Waals surface area contributed by atoms with Crippen LogP contribution in [0.15, 0.2) is 29.2 Å². The largest absolute Gasteiger partial charge is 0.394 e. The summed E-state index contributed by atoms with van der Waals surface area (Å²) in [6.07, 6.45) is 0. The number of rotatable bonds is 5. The molecule has 1 aromatic rings. The number of alkyl halides is 2. The zero-order chi connectivity index (χ0) is 13.8. The number of amides is 1. The number of benzene rings is 1. The molecule has 100 valence electrons. The fraction of sp³-hybridized carbons (Fsp3) is 0.417. The van der Waals surface area contributed by atoms with Gasteiger partial charge in [-0.3, -0.25) is 4.79 Å². The van der Waals surface area contributed by atoms with Crippen molar-refractivity contribution in [2.24, 2.45) is 0 Å². The first-order valence-corrected chi connectivity index (χ1v) is 6.20. The van der Waals surface area contributed by atoms with Crippen LogP contribution in [0.5, 0.6) is 0 Å². The third kappa shape index (κ3) is 4.62. The predicted molar refractivity (Wildman–Crippen MR) is 66.9 cm³/mol. The van der Waals surface area contributed by atoms with E-state index < -0.39 is 11.3 Å². The minimum Gasteiger partial charge on any atom is -0.394 e. The zero-order valence-corrected chi connectivity index (χ0v) is 10.9. The van der Waals surface area contributed by atoms with E-state index in [1.807, 2.05) is 0 Å². The maximum absolute atomic E-state index is 12.1. The summed E-state index contributed by atoms with van der Waals surface area (Å²) in [4.78, 5) is 12.2. The summed E-state index contributed by atoms with van der Waals surface area (Å²) in [6.45, 7) is 3.19. The molecular weight excluding hydrogens is 260 g/mol. The average Bonchev–Trinajstić information content (AvgIpc) is 2.28. The van der Waals surface area contributed by atoms with Gasteiger partial charge in [0.05, 0.1) is 12.1 Å². The van der Waals surface area contributed by atoms with E-state index in [9.17, 15) is 13.6 Å². The molecule has 0 aliphatic carbocycles. The Morgan fingerprint density at radius 3 is 2.39 bits per heavy atom. The van der Waals surface area contributed by atoms with Gasteiger partial charge in [0.1, 0.15) is 0 Å². The van der Waals surface area contributed by atoms with E-state index in [1.54, 1.807) is 13.8 Å². The van der Waals surface area contributed by atoms with Crippen molar-refractivity contribution < 1.29 is 18.7 Å². The molecule has 0 atom stereocenters. The maximum atomic E-state index is 12.1. The average molecular weight is 275 g/mol. The van der Waals surface area contributed by atoms with Crippen LogP contribution in [0, 0.1) is 0 Å². The molecule has 3 nitrogen and oxygen atoms in total. The molecule has 0 spiro atoms. The quantitative estimate of drug-likeness (QED) is 0.812. The van der Waals surface area contributed by atoms with Crippen molar-refractivity contribution >= 4 is 17.7 Å². The van der Waals surface area contributed by atoms with Gasteiger partial charge in [-0.2, -0.15) is 8.78 Å². The van der Waals surface area contributed by atoms with Crippen LogP contribution in [0.2, 0.25) is 0 Å². The zero-order valence-electron chi connectivity index (χ0n) is 10.1. The second kappa shape index (κ2) is 6.15. The standard InChI is InChI=1S/C12H15F2NO2S/c1-12(2,7-16)15-10(17)8-3-5-9(6-4-8)18-11(13)14/h3-6,11,16H,7H2,1-2H3,(H,15,17). The number of thioether (sulfide) groups is 1. The lowest BCUT2D eigenvalue weighted by Gasteiger charge is -2.23. The van der Waals surface area contributed by atoms with E-state index >= 15 is 0 Å². The van der Waals surface area contributed by atoms with Crippen LogP contribution in [-0.4, -0.2) is 28.9 Å². The minimum atomic E-state index is -2.47. The van der Waals surface area contributed by atoms with E-state index in [1.165, 1.54) is 24.3 Å². The highest BCUT2D eigenvalue weighted by Gasteiger charge is 2.19. The molecule has 0 radical (unpaired) electrons. The van der Waals surface area contributed by atoms with Crippen LogP contribution in [0.3, 0.4) is 0 Å². The molecule has 0 heterocycles. The van der Waals surface area contributed by atoms with Gasteiger partial charge in [0, 0.05) is 10.5 Å². The van der Waals surface area contributed by atoms with Gasteiger partial charge in [-0.15, -0.1) is 0 Å². The van der Waals surface area contributed by atoms with E-state index in [0.29, 0.717) is 22.2 Å². The summed E-state index contributed by atoms with van der Waals surface area (Å²) >= 11 is 0.431. The first-order valence-electron chi connectivity index (χ1n) is 5.32. The maximum Gasteiger partial charge on any atom is 0.288 e. The third-order valence-electron chi connectivity index (χ3n) is 2.19. The Kier molecular flexibility index (Phi) is 5.10. The highest BCUT2D eigenvalue weighted by molar-refractivity contribution is 7.99. The van der Waals surface area contributed by atoms with E-state index in [4.69, 9.17) is 5.11 Å². The fourth-order valence-electron chi connectivity index (χ4n) is 1.21. The number of carbonyl (C=O) groups is 1. The summed E-state index contributed by atoms with van der Waals surface area (Å²) in [5, 5.41) is 11.7. The van der Waals surface area contributed by atoms with Gasteiger partial charge in [-0.25, -0.2) is 0 Å². The number of carbonyl (C=O) groups excluding carboxylic acids is 1. The van der Waals surface area contributed by atoms with Crippen LogP contribution in [-0.2, 0) is 0 Å². The Morgan fingerprint density at radius 2 is 1.94 bits per heavy atom. The third-order valence-corrected chi connectivity index (χ3v) is 2.91. The molecule has 0 aliphatic rings. The summed E-state index contributed by atoms with van der Waals surface area (Å²) < 4.78 is 24.2. The van der Waals surface area contributed by atoms with Gasteiger partial charge >= 0.3 is 0 Å². The first-order chi connectivity index (χ1) is 8.34. The molecular formula is C12H15F2NO2S. The van der Waals surface area contributed by atoms with E-state index in [0.717, 1.165) is 0 Å². The molecule has 0 aromatic heterocycles. The second-order valence-corrected chi connectivity index (χ2v) is 5.46. The molecule has 0 bridgehead atoms. The van der Waals surface area contributed by atoms with Crippen LogP contribution in [0.1, 0.15) is 24.2 Å². The molecule has 0 fully saturated rings. The molecule has 18 heavy (non-hydrogen) atoms. The lowest BCUT2D eigenvalue weighted by molar-refractivity contribution is 0.0869. The van der Waals surface area contributed by atoms with Crippen LogP contribution in [0.25, 0.3) is 0 Å². The van der Waals surface area contributed by atoms with Gasteiger partial charge in [-0.1, -0.05) is 11.8 Å². The molecule has 1 amide bonds. The van der Waals surface area contributed by atoms with Gasteiger partial charge in [0.25, 0.3) is 11.7 Å². The van der Waals surface area contributed by atoms with Crippen molar-refractivity contribution in [1.29, 1.82) is 0 Å². The Morgan fingerprint density at radius 1 is 1.39 bits per heavy atom.